The molecule has 108 valence electrons. The van der Waals surface area contributed by atoms with Gasteiger partial charge in [-0.05, 0) is 22.4 Å². The van der Waals surface area contributed by atoms with Crippen molar-refractivity contribution in [2.45, 2.75) is 25.9 Å². The molecular formula is C13H17BrN4O2. The second-order valence-electron chi connectivity index (χ2n) is 4.39. The molecule has 7 heteroatoms. The van der Waals surface area contributed by atoms with Crippen molar-refractivity contribution in [3.8, 4) is 5.88 Å². The maximum atomic E-state index is 10.3. The lowest BCUT2D eigenvalue weighted by atomic mass is 10.1. The van der Waals surface area contributed by atoms with Crippen LogP contribution in [-0.4, -0.2) is 32.0 Å². The first-order valence-corrected chi connectivity index (χ1v) is 7.10. The number of aliphatic hydroxyl groups excluding tert-OH is 1. The number of aromatic nitrogens is 4. The Morgan fingerprint density at radius 3 is 2.80 bits per heavy atom. The summed E-state index contributed by atoms with van der Waals surface area (Å²) in [6.45, 7) is 2.04. The molecule has 0 saturated carbocycles. The van der Waals surface area contributed by atoms with Gasteiger partial charge in [-0.2, -0.15) is 5.10 Å². The maximum Gasteiger partial charge on any atom is 0.216 e. The monoisotopic (exact) mass is 340 g/mol. The minimum atomic E-state index is -0.733. The summed E-state index contributed by atoms with van der Waals surface area (Å²) in [6.07, 6.45) is 1.91. The Labute approximate surface area is 126 Å². The molecule has 0 aliphatic rings. The second kappa shape index (κ2) is 6.32. The molecule has 2 aromatic heterocycles. The molecule has 0 radical (unpaired) electrons. The van der Waals surface area contributed by atoms with Crippen LogP contribution >= 0.6 is 15.9 Å². The third kappa shape index (κ3) is 2.99. The SMILES string of the molecule is CCc1nn(C)c(CC(O)c2cc(OC)ncn2)c1Br. The Morgan fingerprint density at radius 1 is 1.45 bits per heavy atom. The van der Waals surface area contributed by atoms with Crippen molar-refractivity contribution >= 4 is 15.9 Å². The molecule has 0 spiro atoms. The zero-order valence-electron chi connectivity index (χ0n) is 11.7. The van der Waals surface area contributed by atoms with Crippen LogP contribution < -0.4 is 4.74 Å². The summed E-state index contributed by atoms with van der Waals surface area (Å²) in [5, 5.41) is 14.7. The van der Waals surface area contributed by atoms with Crippen LogP contribution in [0, 0.1) is 0 Å². The highest BCUT2D eigenvalue weighted by Gasteiger charge is 2.18. The van der Waals surface area contributed by atoms with Crippen molar-refractivity contribution in [1.82, 2.24) is 19.7 Å². The molecule has 20 heavy (non-hydrogen) atoms. The van der Waals surface area contributed by atoms with E-state index < -0.39 is 6.10 Å². The molecule has 0 bridgehead atoms. The number of aliphatic hydroxyl groups is 1. The predicted molar refractivity (Wildman–Crippen MR) is 77.5 cm³/mol. The quantitative estimate of drug-likeness (QED) is 0.898. The van der Waals surface area contributed by atoms with Crippen LogP contribution in [0.1, 0.15) is 30.1 Å². The maximum absolute atomic E-state index is 10.3. The van der Waals surface area contributed by atoms with Gasteiger partial charge in [-0.25, -0.2) is 9.97 Å². The van der Waals surface area contributed by atoms with Crippen LogP contribution in [0.5, 0.6) is 5.88 Å². The number of nitrogens with zero attached hydrogens (tertiary/aromatic N) is 4. The highest BCUT2D eigenvalue weighted by Crippen LogP contribution is 2.26. The lowest BCUT2D eigenvalue weighted by molar-refractivity contribution is 0.170. The Kier molecular flexibility index (Phi) is 4.72. The molecule has 0 saturated heterocycles. The van der Waals surface area contributed by atoms with Crippen molar-refractivity contribution < 1.29 is 9.84 Å². The average molecular weight is 341 g/mol. The van der Waals surface area contributed by atoms with Crippen LogP contribution in [0.3, 0.4) is 0 Å². The number of hydrogen-bond donors (Lipinski definition) is 1. The van der Waals surface area contributed by atoms with E-state index in [-0.39, 0.29) is 0 Å². The van der Waals surface area contributed by atoms with E-state index in [2.05, 4.69) is 31.0 Å². The van der Waals surface area contributed by atoms with E-state index in [4.69, 9.17) is 4.74 Å². The first kappa shape index (κ1) is 14.9. The highest BCUT2D eigenvalue weighted by atomic mass is 79.9. The molecule has 0 aliphatic heterocycles. The van der Waals surface area contributed by atoms with Crippen LogP contribution in [0.2, 0.25) is 0 Å². The van der Waals surface area contributed by atoms with Crippen molar-refractivity contribution in [2.24, 2.45) is 7.05 Å². The summed E-state index contributed by atoms with van der Waals surface area (Å²) in [6, 6.07) is 1.63. The van der Waals surface area contributed by atoms with E-state index in [1.54, 1.807) is 10.7 Å². The van der Waals surface area contributed by atoms with Crippen LogP contribution in [0.15, 0.2) is 16.9 Å². The number of hydrogen-bond acceptors (Lipinski definition) is 5. The van der Waals surface area contributed by atoms with Crippen molar-refractivity contribution in [3.63, 3.8) is 0 Å². The molecular weight excluding hydrogens is 324 g/mol. The van der Waals surface area contributed by atoms with E-state index >= 15 is 0 Å². The smallest absolute Gasteiger partial charge is 0.216 e. The molecule has 0 aromatic carbocycles. The van der Waals surface area contributed by atoms with Crippen molar-refractivity contribution in [3.05, 3.63) is 33.9 Å². The number of halogens is 1. The van der Waals surface area contributed by atoms with Gasteiger partial charge >= 0.3 is 0 Å². The number of methoxy groups -OCH3 is 1. The fraction of sp³-hybridized carbons (Fsp3) is 0.462. The van der Waals surface area contributed by atoms with Crippen LogP contribution in [0.4, 0.5) is 0 Å². The molecule has 0 fully saturated rings. The first-order valence-electron chi connectivity index (χ1n) is 6.31. The van der Waals surface area contributed by atoms with Gasteiger partial charge in [0.1, 0.15) is 12.4 Å². The van der Waals surface area contributed by atoms with Gasteiger partial charge in [-0.15, -0.1) is 0 Å². The molecule has 2 heterocycles. The Morgan fingerprint density at radius 2 is 2.20 bits per heavy atom. The average Bonchev–Trinajstić information content (AvgIpc) is 2.74. The number of ether oxygens (including phenoxy) is 1. The van der Waals surface area contributed by atoms with Gasteiger partial charge in [0, 0.05) is 19.5 Å². The summed E-state index contributed by atoms with van der Waals surface area (Å²) < 4.78 is 7.76. The molecule has 0 amide bonds. The Bertz CT molecular complexity index is 600. The van der Waals surface area contributed by atoms with E-state index in [0.29, 0.717) is 18.0 Å². The van der Waals surface area contributed by atoms with Crippen molar-refractivity contribution in [2.75, 3.05) is 7.11 Å². The lowest BCUT2D eigenvalue weighted by Gasteiger charge is -2.11. The summed E-state index contributed by atoms with van der Waals surface area (Å²) in [4.78, 5) is 8.01. The third-order valence-corrected chi connectivity index (χ3v) is 4.02. The molecule has 1 unspecified atom stereocenters. The summed E-state index contributed by atoms with van der Waals surface area (Å²) in [5.74, 6) is 0.437. The normalized spacial score (nSPS) is 12.4. The number of aryl methyl sites for hydroxylation is 2. The highest BCUT2D eigenvalue weighted by molar-refractivity contribution is 9.10. The summed E-state index contributed by atoms with van der Waals surface area (Å²) in [7, 11) is 3.40. The molecule has 0 aliphatic carbocycles. The van der Waals surface area contributed by atoms with E-state index in [1.807, 2.05) is 14.0 Å². The fourth-order valence-electron chi connectivity index (χ4n) is 1.98. The third-order valence-electron chi connectivity index (χ3n) is 3.10. The minimum Gasteiger partial charge on any atom is -0.481 e. The van der Waals surface area contributed by atoms with Crippen LogP contribution in [-0.2, 0) is 19.9 Å². The molecule has 1 atom stereocenters. The minimum absolute atomic E-state index is 0.421. The van der Waals surface area contributed by atoms with Gasteiger partial charge in [-0.1, -0.05) is 6.92 Å². The van der Waals surface area contributed by atoms with Gasteiger partial charge in [0.2, 0.25) is 5.88 Å². The van der Waals surface area contributed by atoms with Gasteiger partial charge in [0.25, 0.3) is 0 Å². The zero-order valence-corrected chi connectivity index (χ0v) is 13.3. The molecule has 2 rings (SSSR count). The van der Waals surface area contributed by atoms with Gasteiger partial charge in [0.15, 0.2) is 0 Å². The largest absolute Gasteiger partial charge is 0.481 e. The predicted octanol–water partition coefficient (Wildman–Crippen LogP) is 1.82. The Balaban J connectivity index is 2.23. The topological polar surface area (TPSA) is 73.1 Å². The summed E-state index contributed by atoms with van der Waals surface area (Å²) >= 11 is 3.54. The summed E-state index contributed by atoms with van der Waals surface area (Å²) in [5.41, 5.74) is 2.45. The second-order valence-corrected chi connectivity index (χ2v) is 5.18. The van der Waals surface area contributed by atoms with Crippen molar-refractivity contribution in [1.29, 1.82) is 0 Å². The van der Waals surface area contributed by atoms with E-state index in [9.17, 15) is 5.11 Å². The number of rotatable bonds is 5. The fourth-order valence-corrected chi connectivity index (χ4v) is 2.75. The Hall–Kier alpha value is -1.47. The molecule has 2 aromatic rings. The first-order chi connectivity index (χ1) is 9.56. The van der Waals surface area contributed by atoms with E-state index in [0.717, 1.165) is 22.3 Å². The standard InChI is InChI=1S/C13H17BrN4O2/c1-4-8-13(14)10(18(2)17-8)6-11(19)9-5-12(20-3)16-7-15-9/h5,7,11,19H,4,6H2,1-3H3. The lowest BCUT2D eigenvalue weighted by Crippen LogP contribution is -2.09. The van der Waals surface area contributed by atoms with E-state index in [1.165, 1.54) is 13.4 Å². The van der Waals surface area contributed by atoms with Crippen LogP contribution in [0.25, 0.3) is 0 Å². The van der Waals surface area contributed by atoms with Gasteiger partial charge < -0.3 is 9.84 Å². The zero-order chi connectivity index (χ0) is 14.7. The van der Waals surface area contributed by atoms with Gasteiger partial charge in [-0.3, -0.25) is 4.68 Å². The molecule has 6 nitrogen and oxygen atoms in total. The molecule has 1 N–H and O–H groups in total. The van der Waals surface area contributed by atoms with Gasteiger partial charge in [0.05, 0.1) is 28.7 Å².